The van der Waals surface area contributed by atoms with Gasteiger partial charge in [0.15, 0.2) is 0 Å². The van der Waals surface area contributed by atoms with Gasteiger partial charge in [-0.1, -0.05) is 22.0 Å². The van der Waals surface area contributed by atoms with E-state index in [0.29, 0.717) is 6.04 Å². The van der Waals surface area contributed by atoms with Gasteiger partial charge in [-0.3, -0.25) is 4.90 Å². The predicted molar refractivity (Wildman–Crippen MR) is 84.0 cm³/mol. The van der Waals surface area contributed by atoms with Crippen LogP contribution in [0.3, 0.4) is 0 Å². The third-order valence-electron chi connectivity index (χ3n) is 3.79. The number of nitrogens with zero attached hydrogens (tertiary/aromatic N) is 1. The van der Waals surface area contributed by atoms with Gasteiger partial charge in [0, 0.05) is 29.0 Å². The zero-order valence-electron chi connectivity index (χ0n) is 11.4. The van der Waals surface area contributed by atoms with Gasteiger partial charge in [-0.15, -0.1) is 0 Å². The highest BCUT2D eigenvalue weighted by molar-refractivity contribution is 9.10. The van der Waals surface area contributed by atoms with Gasteiger partial charge >= 0.3 is 0 Å². The zero-order chi connectivity index (χ0) is 13.8. The Morgan fingerprint density at radius 1 is 1.30 bits per heavy atom. The monoisotopic (exact) mass is 334 g/mol. The van der Waals surface area contributed by atoms with Crippen LogP contribution in [0, 0.1) is 0 Å². The molecule has 4 heteroatoms. The Morgan fingerprint density at radius 3 is 3.05 bits per heavy atom. The summed E-state index contributed by atoms with van der Waals surface area (Å²) >= 11 is 3.46. The highest BCUT2D eigenvalue weighted by Gasteiger charge is 2.26. The summed E-state index contributed by atoms with van der Waals surface area (Å²) < 4.78 is 6.89. The molecule has 0 radical (unpaired) electrons. The number of hydrogen-bond acceptors (Lipinski definition) is 2. The van der Waals surface area contributed by atoms with Crippen LogP contribution in [0.1, 0.15) is 24.6 Å². The second-order valence-corrected chi connectivity index (χ2v) is 6.04. The Kier molecular flexibility index (Phi) is 4.43. The summed E-state index contributed by atoms with van der Waals surface area (Å²) in [6, 6.07) is 12.8. The molecule has 0 bridgehead atoms. The van der Waals surface area contributed by atoms with Crippen LogP contribution in [-0.2, 0) is 0 Å². The maximum absolute atomic E-state index is 5.83. The maximum Gasteiger partial charge on any atom is 0.120 e. The normalized spacial score (nSPS) is 19.4. The molecule has 0 spiro atoms. The number of rotatable bonds is 5. The van der Waals surface area contributed by atoms with E-state index in [1.54, 1.807) is 0 Å². The molecule has 3 rings (SSSR count). The molecular weight excluding hydrogens is 316 g/mol. The molecule has 0 saturated carbocycles. The highest BCUT2D eigenvalue weighted by Crippen LogP contribution is 2.30. The molecule has 1 N–H and O–H groups in total. The Hall–Kier alpha value is -1.26. The third kappa shape index (κ3) is 3.25. The number of ether oxygens (including phenoxy) is 1. The van der Waals surface area contributed by atoms with Crippen molar-refractivity contribution in [1.29, 1.82) is 0 Å². The van der Waals surface area contributed by atoms with Gasteiger partial charge in [-0.05, 0) is 49.7 Å². The van der Waals surface area contributed by atoms with Crippen LogP contribution < -0.4 is 4.74 Å². The second-order valence-electron chi connectivity index (χ2n) is 5.13. The van der Waals surface area contributed by atoms with Gasteiger partial charge in [0.25, 0.3) is 0 Å². The van der Waals surface area contributed by atoms with Crippen LogP contribution in [0.25, 0.3) is 0 Å². The molecule has 1 atom stereocenters. The largest absolute Gasteiger partial charge is 0.492 e. The highest BCUT2D eigenvalue weighted by atomic mass is 79.9. The van der Waals surface area contributed by atoms with Crippen LogP contribution in [-0.4, -0.2) is 29.6 Å². The first kappa shape index (κ1) is 13.7. The molecule has 106 valence electrons. The Bertz CT molecular complexity index is 541. The van der Waals surface area contributed by atoms with Crippen LogP contribution in [0.2, 0.25) is 0 Å². The molecule has 1 aliphatic rings. The van der Waals surface area contributed by atoms with E-state index in [9.17, 15) is 0 Å². The van der Waals surface area contributed by atoms with E-state index >= 15 is 0 Å². The lowest BCUT2D eigenvalue weighted by Gasteiger charge is -2.23. The van der Waals surface area contributed by atoms with E-state index in [4.69, 9.17) is 4.74 Å². The van der Waals surface area contributed by atoms with Crippen molar-refractivity contribution in [2.45, 2.75) is 18.9 Å². The van der Waals surface area contributed by atoms with Gasteiger partial charge in [0.2, 0.25) is 0 Å². The Balaban J connectivity index is 1.53. The first-order valence-electron chi connectivity index (χ1n) is 7.08. The van der Waals surface area contributed by atoms with E-state index < -0.39 is 0 Å². The molecular formula is C16H19BrN2O. The first-order chi connectivity index (χ1) is 9.83. The van der Waals surface area contributed by atoms with Crippen LogP contribution in [0.5, 0.6) is 5.75 Å². The van der Waals surface area contributed by atoms with Gasteiger partial charge in [-0.2, -0.15) is 0 Å². The van der Waals surface area contributed by atoms with E-state index in [0.717, 1.165) is 29.9 Å². The summed E-state index contributed by atoms with van der Waals surface area (Å²) in [4.78, 5) is 5.84. The summed E-state index contributed by atoms with van der Waals surface area (Å²) in [7, 11) is 0. The van der Waals surface area contributed by atoms with Crippen LogP contribution in [0.15, 0.2) is 47.1 Å². The number of benzene rings is 1. The number of aromatic amines is 1. The fourth-order valence-electron chi connectivity index (χ4n) is 2.84. The molecule has 3 nitrogen and oxygen atoms in total. The van der Waals surface area contributed by atoms with E-state index in [1.165, 1.54) is 18.5 Å². The number of aromatic nitrogens is 1. The number of likely N-dealkylation sites (tertiary alicyclic amines) is 1. The molecule has 1 saturated heterocycles. The minimum Gasteiger partial charge on any atom is -0.492 e. The molecule has 2 heterocycles. The Morgan fingerprint density at radius 2 is 2.25 bits per heavy atom. The minimum absolute atomic E-state index is 0.524. The molecule has 1 unspecified atom stereocenters. The number of halogens is 1. The van der Waals surface area contributed by atoms with Crippen LogP contribution in [0.4, 0.5) is 0 Å². The van der Waals surface area contributed by atoms with Gasteiger partial charge in [0.1, 0.15) is 12.4 Å². The summed E-state index contributed by atoms with van der Waals surface area (Å²) in [5.41, 5.74) is 1.32. The van der Waals surface area contributed by atoms with Crippen molar-refractivity contribution in [3.8, 4) is 5.75 Å². The third-order valence-corrected chi connectivity index (χ3v) is 4.28. The lowest BCUT2D eigenvalue weighted by Crippen LogP contribution is -2.28. The lowest BCUT2D eigenvalue weighted by molar-refractivity contribution is 0.195. The average Bonchev–Trinajstić information content (AvgIpc) is 3.09. The minimum atomic E-state index is 0.524. The summed E-state index contributed by atoms with van der Waals surface area (Å²) in [6.45, 7) is 2.86. The molecule has 2 aromatic rings. The zero-order valence-corrected chi connectivity index (χ0v) is 13.0. The van der Waals surface area contributed by atoms with E-state index in [2.05, 4.69) is 37.9 Å². The SMILES string of the molecule is Brc1cccc(OCCN2CCCC2c2ccc[nH]2)c1. The fraction of sp³-hybridized carbons (Fsp3) is 0.375. The van der Waals surface area contributed by atoms with Crippen molar-refractivity contribution in [2.75, 3.05) is 19.7 Å². The topological polar surface area (TPSA) is 28.3 Å². The summed E-state index contributed by atoms with van der Waals surface area (Å²) in [5.74, 6) is 0.926. The molecule has 1 aromatic carbocycles. The number of hydrogen-bond donors (Lipinski definition) is 1. The van der Waals surface area contributed by atoms with Crippen molar-refractivity contribution in [1.82, 2.24) is 9.88 Å². The van der Waals surface area contributed by atoms with Crippen molar-refractivity contribution in [3.05, 3.63) is 52.8 Å². The van der Waals surface area contributed by atoms with Crippen molar-refractivity contribution >= 4 is 15.9 Å². The fourth-order valence-corrected chi connectivity index (χ4v) is 3.21. The van der Waals surface area contributed by atoms with Crippen molar-refractivity contribution in [3.63, 3.8) is 0 Å². The molecule has 1 fully saturated rings. The number of nitrogens with one attached hydrogen (secondary N) is 1. The Labute approximate surface area is 128 Å². The molecule has 20 heavy (non-hydrogen) atoms. The second kappa shape index (κ2) is 6.46. The van der Waals surface area contributed by atoms with Gasteiger partial charge in [-0.25, -0.2) is 0 Å². The van der Waals surface area contributed by atoms with Gasteiger partial charge in [0.05, 0.1) is 0 Å². The standard InChI is InChI=1S/C16H19BrN2O/c17-13-4-1-5-14(12-13)20-11-10-19-9-3-7-16(19)15-6-2-8-18-15/h1-2,4-6,8,12,16,18H,3,7,9-11H2. The van der Waals surface area contributed by atoms with Gasteiger partial charge < -0.3 is 9.72 Å². The predicted octanol–water partition coefficient (Wildman–Crippen LogP) is 3.99. The van der Waals surface area contributed by atoms with E-state index in [-0.39, 0.29) is 0 Å². The first-order valence-corrected chi connectivity index (χ1v) is 7.88. The summed E-state index contributed by atoms with van der Waals surface area (Å²) in [5, 5.41) is 0. The molecule has 0 aliphatic carbocycles. The van der Waals surface area contributed by atoms with Crippen LogP contribution >= 0.6 is 15.9 Å². The maximum atomic E-state index is 5.83. The molecule has 1 aromatic heterocycles. The quantitative estimate of drug-likeness (QED) is 0.895. The average molecular weight is 335 g/mol. The molecule has 0 amide bonds. The number of H-pyrrole nitrogens is 1. The smallest absolute Gasteiger partial charge is 0.120 e. The lowest BCUT2D eigenvalue weighted by atomic mass is 10.1. The van der Waals surface area contributed by atoms with Crippen molar-refractivity contribution in [2.24, 2.45) is 0 Å². The van der Waals surface area contributed by atoms with E-state index in [1.807, 2.05) is 30.5 Å². The molecule has 1 aliphatic heterocycles. The van der Waals surface area contributed by atoms with Crippen molar-refractivity contribution < 1.29 is 4.74 Å². The summed E-state index contributed by atoms with van der Waals surface area (Å²) in [6.07, 6.45) is 4.50.